The van der Waals surface area contributed by atoms with E-state index >= 15 is 0 Å². The molecule has 2 aliphatic heterocycles. The zero-order valence-corrected chi connectivity index (χ0v) is 18.1. The predicted octanol–water partition coefficient (Wildman–Crippen LogP) is 4.07. The lowest BCUT2D eigenvalue weighted by Gasteiger charge is -2.36. The monoisotopic (exact) mass is 395 g/mol. The normalized spacial score (nSPS) is 17.7. The number of ether oxygens (including phenoxy) is 1. The van der Waals surface area contributed by atoms with Gasteiger partial charge in [0.2, 0.25) is 0 Å². The molecule has 0 aromatic heterocycles. The Labute approximate surface area is 174 Å². The quantitative estimate of drug-likeness (QED) is 0.762. The number of amides is 1. The van der Waals surface area contributed by atoms with Gasteiger partial charge in [-0.1, -0.05) is 12.6 Å². The number of allylic oxidation sites excluding steroid dienone is 3. The highest BCUT2D eigenvalue weighted by atomic mass is 16.5. The van der Waals surface area contributed by atoms with Crippen LogP contribution < -0.4 is 15.5 Å². The van der Waals surface area contributed by atoms with E-state index in [1.807, 2.05) is 26.0 Å². The molecule has 0 spiro atoms. The summed E-state index contributed by atoms with van der Waals surface area (Å²) in [7, 11) is 0. The van der Waals surface area contributed by atoms with Gasteiger partial charge >= 0.3 is 0 Å². The number of nitrogens with one attached hydrogen (secondary N) is 2. The summed E-state index contributed by atoms with van der Waals surface area (Å²) in [6, 6.07) is 6.48. The number of hydrogen-bond donors (Lipinski definition) is 2. The molecule has 5 heteroatoms. The van der Waals surface area contributed by atoms with Crippen LogP contribution in [0.5, 0.6) is 0 Å². The minimum Gasteiger partial charge on any atom is -0.381 e. The molecule has 2 heterocycles. The van der Waals surface area contributed by atoms with Crippen LogP contribution in [0.1, 0.15) is 49.5 Å². The fraction of sp³-hybridized carbons (Fsp3) is 0.458. The maximum atomic E-state index is 13.0. The minimum atomic E-state index is -0.0493. The molecule has 5 nitrogen and oxygen atoms in total. The Morgan fingerprint density at radius 2 is 2.00 bits per heavy atom. The summed E-state index contributed by atoms with van der Waals surface area (Å²) in [5, 5.41) is 6.33. The van der Waals surface area contributed by atoms with Gasteiger partial charge < -0.3 is 20.3 Å². The van der Waals surface area contributed by atoms with E-state index in [2.05, 4.69) is 48.1 Å². The van der Waals surface area contributed by atoms with Crippen LogP contribution >= 0.6 is 0 Å². The summed E-state index contributed by atoms with van der Waals surface area (Å²) in [6.07, 6.45) is 4.13. The van der Waals surface area contributed by atoms with Crippen LogP contribution in [0.3, 0.4) is 0 Å². The van der Waals surface area contributed by atoms with Gasteiger partial charge in [0, 0.05) is 55.0 Å². The molecular weight excluding hydrogens is 362 g/mol. The van der Waals surface area contributed by atoms with E-state index in [1.54, 1.807) is 0 Å². The van der Waals surface area contributed by atoms with Crippen molar-refractivity contribution in [3.63, 3.8) is 0 Å². The molecular formula is C24H33N3O2. The van der Waals surface area contributed by atoms with Crippen LogP contribution in [0.2, 0.25) is 0 Å². The molecule has 0 atom stereocenters. The van der Waals surface area contributed by atoms with Crippen molar-refractivity contribution in [3.8, 4) is 0 Å². The van der Waals surface area contributed by atoms with Gasteiger partial charge in [-0.3, -0.25) is 4.79 Å². The van der Waals surface area contributed by atoms with Crippen molar-refractivity contribution in [2.45, 2.75) is 46.6 Å². The zero-order valence-electron chi connectivity index (χ0n) is 18.1. The Bertz CT molecular complexity index is 848. The summed E-state index contributed by atoms with van der Waals surface area (Å²) >= 11 is 0. The van der Waals surface area contributed by atoms with Gasteiger partial charge in [-0.25, -0.2) is 0 Å². The van der Waals surface area contributed by atoms with Crippen LogP contribution in [0.25, 0.3) is 0 Å². The van der Waals surface area contributed by atoms with Crippen molar-refractivity contribution >= 4 is 11.6 Å². The largest absolute Gasteiger partial charge is 0.381 e. The second-order valence-corrected chi connectivity index (χ2v) is 7.85. The number of rotatable bonds is 6. The first kappa shape index (κ1) is 21.2. The molecule has 1 saturated heterocycles. The van der Waals surface area contributed by atoms with E-state index in [9.17, 15) is 4.79 Å². The first-order valence-corrected chi connectivity index (χ1v) is 10.5. The SMILES string of the molecule is C=C1NC(C)=CC(C)=C1CNC(=O)c1cccc(N(CC)C2CCOCC2)c1C. The maximum Gasteiger partial charge on any atom is 0.251 e. The number of nitrogens with zero attached hydrogens (tertiary/aromatic N) is 1. The zero-order chi connectivity index (χ0) is 21.0. The number of dihydropyridines is 1. The third-order valence-electron chi connectivity index (χ3n) is 5.88. The lowest BCUT2D eigenvalue weighted by molar-refractivity contribution is 0.0846. The average molecular weight is 396 g/mol. The fourth-order valence-electron chi connectivity index (χ4n) is 4.31. The number of carbonyl (C=O) groups is 1. The van der Waals surface area contributed by atoms with E-state index in [1.165, 1.54) is 0 Å². The molecule has 0 aliphatic carbocycles. The Morgan fingerprint density at radius 1 is 1.28 bits per heavy atom. The van der Waals surface area contributed by atoms with Crippen molar-refractivity contribution in [1.82, 2.24) is 10.6 Å². The molecule has 0 unspecified atom stereocenters. The second kappa shape index (κ2) is 9.31. The molecule has 1 fully saturated rings. The van der Waals surface area contributed by atoms with E-state index in [-0.39, 0.29) is 5.91 Å². The van der Waals surface area contributed by atoms with E-state index in [0.717, 1.165) is 72.0 Å². The van der Waals surface area contributed by atoms with E-state index in [0.29, 0.717) is 12.6 Å². The highest BCUT2D eigenvalue weighted by Gasteiger charge is 2.23. The molecule has 1 aromatic rings. The van der Waals surface area contributed by atoms with Gasteiger partial charge in [0.15, 0.2) is 0 Å². The summed E-state index contributed by atoms with van der Waals surface area (Å²) in [6.45, 7) is 15.4. The highest BCUT2D eigenvalue weighted by molar-refractivity contribution is 5.97. The van der Waals surface area contributed by atoms with Crippen LogP contribution in [0.15, 0.2) is 53.4 Å². The first-order chi connectivity index (χ1) is 13.9. The van der Waals surface area contributed by atoms with E-state index < -0.39 is 0 Å². The van der Waals surface area contributed by atoms with Crippen molar-refractivity contribution in [1.29, 1.82) is 0 Å². The molecule has 0 radical (unpaired) electrons. The molecule has 0 saturated carbocycles. The summed E-state index contributed by atoms with van der Waals surface area (Å²) < 4.78 is 5.52. The topological polar surface area (TPSA) is 53.6 Å². The summed E-state index contributed by atoms with van der Waals surface area (Å²) in [5.74, 6) is -0.0493. The number of carbonyl (C=O) groups excluding carboxylic acids is 1. The Kier molecular flexibility index (Phi) is 6.80. The van der Waals surface area contributed by atoms with Gasteiger partial charge in [0.25, 0.3) is 5.91 Å². The molecule has 2 N–H and O–H groups in total. The molecule has 3 rings (SSSR count). The Morgan fingerprint density at radius 3 is 2.66 bits per heavy atom. The van der Waals surface area contributed by atoms with Crippen LogP contribution in [0.4, 0.5) is 5.69 Å². The van der Waals surface area contributed by atoms with Crippen molar-refractivity contribution in [3.05, 3.63) is 64.5 Å². The van der Waals surface area contributed by atoms with Gasteiger partial charge in [0.05, 0.1) is 0 Å². The molecule has 29 heavy (non-hydrogen) atoms. The molecule has 1 aromatic carbocycles. The molecule has 156 valence electrons. The fourth-order valence-corrected chi connectivity index (χ4v) is 4.31. The van der Waals surface area contributed by atoms with Gasteiger partial charge in [-0.2, -0.15) is 0 Å². The summed E-state index contributed by atoms with van der Waals surface area (Å²) in [4.78, 5) is 15.4. The Balaban J connectivity index is 1.77. The first-order valence-electron chi connectivity index (χ1n) is 10.5. The second-order valence-electron chi connectivity index (χ2n) is 7.85. The molecule has 0 bridgehead atoms. The smallest absolute Gasteiger partial charge is 0.251 e. The maximum absolute atomic E-state index is 13.0. The standard InChI is InChI=1S/C24H33N3O2/c1-6-27(20-10-12-29-13-11-20)23-9-7-8-21(18(23)4)24(28)25-15-22-16(2)14-17(3)26-19(22)5/h7-9,14,20,26H,5-6,10-13,15H2,1-4H3,(H,25,28). The predicted molar refractivity (Wildman–Crippen MR) is 119 cm³/mol. The van der Waals surface area contributed by atoms with Crippen molar-refractivity contribution in [2.24, 2.45) is 0 Å². The molecule has 1 amide bonds. The lowest BCUT2D eigenvalue weighted by Crippen LogP contribution is -2.40. The lowest BCUT2D eigenvalue weighted by atomic mass is 10.00. The van der Waals surface area contributed by atoms with Gasteiger partial charge in [0.1, 0.15) is 0 Å². The number of anilines is 1. The minimum absolute atomic E-state index is 0.0493. The van der Waals surface area contributed by atoms with Gasteiger partial charge in [-0.15, -0.1) is 0 Å². The van der Waals surface area contributed by atoms with Crippen LogP contribution in [0, 0.1) is 6.92 Å². The Hall–Kier alpha value is -2.53. The average Bonchev–Trinajstić information content (AvgIpc) is 2.69. The third-order valence-corrected chi connectivity index (χ3v) is 5.88. The van der Waals surface area contributed by atoms with Gasteiger partial charge in [-0.05, 0) is 75.5 Å². The molecule has 2 aliphatic rings. The van der Waals surface area contributed by atoms with Crippen molar-refractivity contribution < 1.29 is 9.53 Å². The van der Waals surface area contributed by atoms with Crippen molar-refractivity contribution in [2.75, 3.05) is 31.2 Å². The van der Waals surface area contributed by atoms with E-state index in [4.69, 9.17) is 4.74 Å². The van der Waals surface area contributed by atoms with Crippen LogP contribution in [-0.2, 0) is 4.74 Å². The number of hydrogen-bond acceptors (Lipinski definition) is 4. The summed E-state index contributed by atoms with van der Waals surface area (Å²) in [5.41, 5.74) is 6.99. The van der Waals surface area contributed by atoms with Crippen LogP contribution in [-0.4, -0.2) is 38.3 Å². The highest BCUT2D eigenvalue weighted by Crippen LogP contribution is 2.28. The third kappa shape index (κ3) is 4.73. The number of benzene rings is 1.